The monoisotopic (exact) mass is 133 g/mol. The second-order valence-corrected chi connectivity index (χ2v) is 1.37. The molecule has 0 bridgehead atoms. The largest absolute Gasteiger partial charge is 0.439 e. The number of carbonyl (C=O) groups excluding carboxylic acids is 1. The Kier molecular flexibility index (Phi) is 5.15. The molecule has 0 aromatic heterocycles. The first-order valence-corrected chi connectivity index (χ1v) is 2.56. The average Bonchev–Trinajstić information content (AvgIpc) is 1.80. The molecule has 0 aromatic carbocycles. The highest BCUT2D eigenvalue weighted by atomic mass is 16.7. The molecule has 9 heavy (non-hydrogen) atoms. The van der Waals surface area contributed by atoms with Crippen LogP contribution in [0.2, 0.25) is 0 Å². The van der Waals surface area contributed by atoms with Gasteiger partial charge in [-0.3, -0.25) is 4.79 Å². The summed E-state index contributed by atoms with van der Waals surface area (Å²) in [5.74, 6) is -0.402. The van der Waals surface area contributed by atoms with Crippen LogP contribution in [0.1, 0.15) is 6.92 Å². The van der Waals surface area contributed by atoms with E-state index in [0.717, 1.165) is 0 Å². The SMILES string of the molecule is CC(=O)OCOCC[O]. The van der Waals surface area contributed by atoms with Crippen LogP contribution in [0.3, 0.4) is 0 Å². The van der Waals surface area contributed by atoms with Crippen molar-refractivity contribution >= 4 is 5.97 Å². The normalized spacial score (nSPS) is 9.11. The van der Waals surface area contributed by atoms with Gasteiger partial charge in [0.05, 0.1) is 6.61 Å². The Balaban J connectivity index is 2.83. The van der Waals surface area contributed by atoms with Crippen LogP contribution in [-0.2, 0) is 19.4 Å². The first-order valence-electron chi connectivity index (χ1n) is 2.56. The first kappa shape index (κ1) is 8.39. The summed E-state index contributed by atoms with van der Waals surface area (Å²) < 4.78 is 8.88. The highest BCUT2D eigenvalue weighted by Crippen LogP contribution is 1.77. The maximum absolute atomic E-state index is 10.0. The van der Waals surface area contributed by atoms with Gasteiger partial charge in [0, 0.05) is 6.92 Å². The molecular formula is C5H9O4. The van der Waals surface area contributed by atoms with Crippen molar-refractivity contribution in [2.24, 2.45) is 0 Å². The molecular weight excluding hydrogens is 124 g/mol. The van der Waals surface area contributed by atoms with Crippen LogP contribution in [0.4, 0.5) is 0 Å². The summed E-state index contributed by atoms with van der Waals surface area (Å²) in [4.78, 5) is 10.0. The second-order valence-electron chi connectivity index (χ2n) is 1.37. The van der Waals surface area contributed by atoms with Gasteiger partial charge in [-0.15, -0.1) is 0 Å². The van der Waals surface area contributed by atoms with E-state index in [1.165, 1.54) is 6.92 Å². The smallest absolute Gasteiger partial charge is 0.304 e. The van der Waals surface area contributed by atoms with E-state index < -0.39 is 5.97 Å². The lowest BCUT2D eigenvalue weighted by Gasteiger charge is -1.99. The lowest BCUT2D eigenvalue weighted by molar-refractivity contribution is -0.154. The van der Waals surface area contributed by atoms with Crippen molar-refractivity contribution in [2.75, 3.05) is 20.0 Å². The van der Waals surface area contributed by atoms with E-state index in [9.17, 15) is 9.90 Å². The molecule has 0 aliphatic rings. The van der Waals surface area contributed by atoms with Gasteiger partial charge >= 0.3 is 5.97 Å². The Labute approximate surface area is 53.4 Å². The number of hydrogen-bond acceptors (Lipinski definition) is 3. The van der Waals surface area contributed by atoms with Gasteiger partial charge in [-0.05, 0) is 0 Å². The Hall–Kier alpha value is -0.610. The lowest BCUT2D eigenvalue weighted by atomic mass is 10.8. The first-order chi connectivity index (χ1) is 4.27. The van der Waals surface area contributed by atoms with Crippen molar-refractivity contribution < 1.29 is 19.4 Å². The molecule has 0 saturated carbocycles. The maximum atomic E-state index is 10.0. The van der Waals surface area contributed by atoms with Gasteiger partial charge in [-0.25, -0.2) is 5.11 Å². The van der Waals surface area contributed by atoms with E-state index in [0.29, 0.717) is 0 Å². The van der Waals surface area contributed by atoms with E-state index in [4.69, 9.17) is 0 Å². The summed E-state index contributed by atoms with van der Waals surface area (Å²) in [6.07, 6.45) is 0. The minimum absolute atomic E-state index is 0.0906. The molecule has 0 spiro atoms. The van der Waals surface area contributed by atoms with Crippen molar-refractivity contribution in [1.82, 2.24) is 0 Å². The Morgan fingerprint density at radius 2 is 2.22 bits per heavy atom. The predicted molar refractivity (Wildman–Crippen MR) is 28.1 cm³/mol. The summed E-state index contributed by atoms with van der Waals surface area (Å²) in [5, 5.41) is 9.71. The van der Waals surface area contributed by atoms with Crippen LogP contribution in [0.25, 0.3) is 0 Å². The molecule has 0 fully saturated rings. The summed E-state index contributed by atoms with van der Waals surface area (Å²) >= 11 is 0. The minimum Gasteiger partial charge on any atom is -0.439 e. The van der Waals surface area contributed by atoms with Gasteiger partial charge < -0.3 is 9.47 Å². The molecule has 4 heteroatoms. The van der Waals surface area contributed by atoms with Crippen LogP contribution < -0.4 is 0 Å². The molecule has 0 saturated heterocycles. The molecule has 4 nitrogen and oxygen atoms in total. The number of carbonyl (C=O) groups is 1. The fraction of sp³-hybridized carbons (Fsp3) is 0.800. The van der Waals surface area contributed by atoms with Gasteiger partial charge in [0.2, 0.25) is 0 Å². The van der Waals surface area contributed by atoms with Crippen molar-refractivity contribution in [3.8, 4) is 0 Å². The predicted octanol–water partition coefficient (Wildman–Crippen LogP) is -0.0459. The molecule has 0 atom stereocenters. The van der Waals surface area contributed by atoms with Crippen molar-refractivity contribution in [3.05, 3.63) is 0 Å². The molecule has 0 unspecified atom stereocenters. The minimum atomic E-state index is -0.402. The summed E-state index contributed by atoms with van der Waals surface area (Å²) in [6.45, 7) is 0.951. The Morgan fingerprint density at radius 1 is 1.56 bits per heavy atom. The van der Waals surface area contributed by atoms with Gasteiger partial charge in [0.25, 0.3) is 0 Å². The van der Waals surface area contributed by atoms with Crippen LogP contribution >= 0.6 is 0 Å². The zero-order valence-corrected chi connectivity index (χ0v) is 5.25. The van der Waals surface area contributed by atoms with Crippen LogP contribution in [0.15, 0.2) is 0 Å². The van der Waals surface area contributed by atoms with Crippen LogP contribution in [-0.4, -0.2) is 26.0 Å². The van der Waals surface area contributed by atoms with E-state index in [1.54, 1.807) is 0 Å². The topological polar surface area (TPSA) is 55.4 Å². The highest BCUT2D eigenvalue weighted by molar-refractivity contribution is 5.65. The van der Waals surface area contributed by atoms with Crippen LogP contribution in [0, 0.1) is 0 Å². The maximum Gasteiger partial charge on any atom is 0.304 e. The molecule has 0 heterocycles. The van der Waals surface area contributed by atoms with Gasteiger partial charge in [0.15, 0.2) is 6.79 Å². The summed E-state index contributed by atoms with van der Waals surface area (Å²) in [6, 6.07) is 0. The number of rotatable bonds is 4. The van der Waals surface area contributed by atoms with Crippen LogP contribution in [0.5, 0.6) is 0 Å². The third-order valence-corrected chi connectivity index (χ3v) is 0.573. The lowest BCUT2D eigenvalue weighted by Crippen LogP contribution is -2.06. The van der Waals surface area contributed by atoms with E-state index in [-0.39, 0.29) is 20.0 Å². The number of ether oxygens (including phenoxy) is 2. The highest BCUT2D eigenvalue weighted by Gasteiger charge is 1.89. The standard InChI is InChI=1S/C5H9O4/c1-5(7)9-4-8-3-2-6/h2-4H2,1H3. The molecule has 0 aliphatic heterocycles. The van der Waals surface area contributed by atoms with E-state index in [1.807, 2.05) is 0 Å². The quantitative estimate of drug-likeness (QED) is 0.307. The molecule has 0 aliphatic carbocycles. The van der Waals surface area contributed by atoms with Crippen molar-refractivity contribution in [3.63, 3.8) is 0 Å². The van der Waals surface area contributed by atoms with E-state index in [2.05, 4.69) is 9.47 Å². The summed E-state index contributed by atoms with van der Waals surface area (Å²) in [7, 11) is 0. The van der Waals surface area contributed by atoms with Crippen molar-refractivity contribution in [1.29, 1.82) is 0 Å². The van der Waals surface area contributed by atoms with Gasteiger partial charge in [-0.1, -0.05) is 0 Å². The molecule has 53 valence electrons. The molecule has 0 rings (SSSR count). The fourth-order valence-electron chi connectivity index (χ4n) is 0.242. The van der Waals surface area contributed by atoms with Gasteiger partial charge in [0.1, 0.15) is 6.61 Å². The fourth-order valence-corrected chi connectivity index (χ4v) is 0.242. The Morgan fingerprint density at radius 3 is 2.67 bits per heavy atom. The number of hydrogen-bond donors (Lipinski definition) is 0. The van der Waals surface area contributed by atoms with Crippen molar-refractivity contribution in [2.45, 2.75) is 6.92 Å². The molecule has 0 aromatic rings. The molecule has 1 radical (unpaired) electrons. The third kappa shape index (κ3) is 7.39. The average molecular weight is 133 g/mol. The zero-order chi connectivity index (χ0) is 7.11. The molecule has 0 amide bonds. The zero-order valence-electron chi connectivity index (χ0n) is 5.25. The number of esters is 1. The van der Waals surface area contributed by atoms with E-state index >= 15 is 0 Å². The Bertz CT molecular complexity index is 81.0. The summed E-state index contributed by atoms with van der Waals surface area (Å²) in [5.41, 5.74) is 0. The van der Waals surface area contributed by atoms with Gasteiger partial charge in [-0.2, -0.15) is 0 Å². The third-order valence-electron chi connectivity index (χ3n) is 0.573. The second kappa shape index (κ2) is 5.53. The molecule has 0 N–H and O–H groups in total.